The van der Waals surface area contributed by atoms with Crippen molar-refractivity contribution >= 4 is 69.5 Å². The maximum absolute atomic E-state index is 12.5. The summed E-state index contributed by atoms with van der Waals surface area (Å²) in [6.45, 7) is 5.62. The van der Waals surface area contributed by atoms with Crippen molar-refractivity contribution in [1.29, 1.82) is 0 Å². The molecule has 0 aliphatic carbocycles. The Kier molecular flexibility index (Phi) is 11.0. The molecule has 1 fully saturated rings. The van der Waals surface area contributed by atoms with E-state index in [4.69, 9.17) is 51.9 Å². The van der Waals surface area contributed by atoms with Crippen molar-refractivity contribution in [3.8, 4) is 0 Å². The second-order valence-electron chi connectivity index (χ2n) is 9.03. The zero-order chi connectivity index (χ0) is 31.1. The molecule has 0 unspecified atom stereocenters. The largest absolute Gasteiger partial charge is 0.463 e. The molecule has 1 aliphatic rings. The first kappa shape index (κ1) is 32.4. The lowest BCUT2D eigenvalue weighted by atomic mass is 9.97. The summed E-state index contributed by atoms with van der Waals surface area (Å²) in [7, 11) is 0. The molecule has 2 N–H and O–H groups in total. The zero-order valence-corrected chi connectivity index (χ0v) is 24.7. The molecule has 1 aromatic carbocycles. The van der Waals surface area contributed by atoms with Crippen LogP contribution in [-0.2, 0) is 42.9 Å². The predicted molar refractivity (Wildman–Crippen MR) is 151 cm³/mol. The average molecular weight is 626 g/mol. The van der Waals surface area contributed by atoms with Crippen LogP contribution >= 0.6 is 23.8 Å². The van der Waals surface area contributed by atoms with E-state index in [1.165, 1.54) is 6.92 Å². The van der Waals surface area contributed by atoms with Crippen LogP contribution in [0.1, 0.15) is 40.2 Å². The predicted octanol–water partition coefficient (Wildman–Crippen LogP) is 1.72. The van der Waals surface area contributed by atoms with Gasteiger partial charge in [0.1, 0.15) is 18.3 Å². The number of esters is 4. The van der Waals surface area contributed by atoms with Gasteiger partial charge < -0.3 is 33.4 Å². The molecule has 226 valence electrons. The lowest BCUT2D eigenvalue weighted by molar-refractivity contribution is -0.254. The van der Waals surface area contributed by atoms with Crippen LogP contribution in [0.4, 0.5) is 0 Å². The van der Waals surface area contributed by atoms with E-state index in [1.807, 2.05) is 0 Å². The average Bonchev–Trinajstić information content (AvgIpc) is 2.88. The summed E-state index contributed by atoms with van der Waals surface area (Å²) in [5.41, 5.74) is 2.59. The van der Waals surface area contributed by atoms with Crippen LogP contribution in [-0.4, -0.2) is 72.0 Å². The van der Waals surface area contributed by atoms with Gasteiger partial charge in [0.15, 0.2) is 29.7 Å². The fraction of sp³-hybridized carbons (Fsp3) is 0.423. The highest BCUT2D eigenvalue weighted by molar-refractivity contribution is 7.80. The Hall–Kier alpha value is -4.08. The Bertz CT molecular complexity index is 1480. The monoisotopic (exact) mass is 625 g/mol. The van der Waals surface area contributed by atoms with Gasteiger partial charge in [0.05, 0.1) is 11.3 Å². The van der Waals surface area contributed by atoms with Gasteiger partial charge in [-0.25, -0.2) is 4.79 Å². The third-order valence-corrected chi connectivity index (χ3v) is 6.12. The number of hydrogen-bond donors (Lipinski definition) is 2. The molecule has 1 aromatic heterocycles. The Morgan fingerprint density at radius 2 is 1.55 bits per heavy atom. The fourth-order valence-electron chi connectivity index (χ4n) is 4.05. The number of rotatable bonds is 8. The highest BCUT2D eigenvalue weighted by Crippen LogP contribution is 2.28. The summed E-state index contributed by atoms with van der Waals surface area (Å²) in [6.07, 6.45) is -6.58. The molecule has 2 heterocycles. The minimum absolute atomic E-state index is 0.132. The number of nitrogens with zero attached hydrogens (tertiary/aromatic N) is 1. The zero-order valence-electron chi connectivity index (χ0n) is 23.1. The summed E-state index contributed by atoms with van der Waals surface area (Å²) in [5.74, 6) is -2.97. The van der Waals surface area contributed by atoms with Crippen molar-refractivity contribution in [1.82, 2.24) is 10.7 Å². The summed E-state index contributed by atoms with van der Waals surface area (Å²) >= 11 is 11.4. The van der Waals surface area contributed by atoms with E-state index >= 15 is 0 Å². The van der Waals surface area contributed by atoms with Crippen LogP contribution in [0.15, 0.2) is 38.6 Å². The van der Waals surface area contributed by atoms with Gasteiger partial charge in [0, 0.05) is 38.1 Å². The van der Waals surface area contributed by atoms with Crippen molar-refractivity contribution in [3.63, 3.8) is 0 Å². The normalized spacial score (nSPS) is 22.0. The van der Waals surface area contributed by atoms with Crippen LogP contribution in [0.25, 0.3) is 11.0 Å². The second-order valence-corrected chi connectivity index (χ2v) is 9.88. The van der Waals surface area contributed by atoms with E-state index in [1.54, 1.807) is 24.3 Å². The highest BCUT2D eigenvalue weighted by Gasteiger charge is 2.52. The standard InChI is InChI=1S/C26H28ClN3O11S/c1-11(18-9-16-8-17(27)6-7-19(16)41-25(18)35)29-30-26(42)28-24-23(39-15(5)34)22(38-14(4)33)21(37-13(3)32)20(40-24)10-36-12(2)31/h6-9,20-24H,10H2,1-5H3,(H2,28,30,42)/b29-11+/t20-,21+,22+,23-,24-/m1/s1. The number of carbonyl (C=O) groups excluding carboxylic acids is 4. The first-order valence-corrected chi connectivity index (χ1v) is 13.2. The van der Waals surface area contributed by atoms with Crippen molar-refractivity contribution in [2.45, 2.75) is 65.3 Å². The number of fused-ring (bicyclic) bond motifs is 1. The second kappa shape index (κ2) is 14.2. The van der Waals surface area contributed by atoms with Crippen molar-refractivity contribution in [2.24, 2.45) is 5.10 Å². The minimum Gasteiger partial charge on any atom is -0.463 e. The number of hydrazone groups is 1. The van der Waals surface area contributed by atoms with Crippen LogP contribution in [0.5, 0.6) is 0 Å². The molecule has 14 nitrogen and oxygen atoms in total. The first-order chi connectivity index (χ1) is 19.7. The van der Waals surface area contributed by atoms with E-state index in [0.717, 1.165) is 27.7 Å². The van der Waals surface area contributed by atoms with Gasteiger partial charge in [-0.15, -0.1) is 0 Å². The molecule has 0 amide bonds. The third kappa shape index (κ3) is 8.71. The van der Waals surface area contributed by atoms with Crippen LogP contribution in [0.3, 0.4) is 0 Å². The molecule has 5 atom stereocenters. The Balaban J connectivity index is 1.87. The van der Waals surface area contributed by atoms with E-state index in [-0.39, 0.29) is 16.4 Å². The van der Waals surface area contributed by atoms with E-state index in [9.17, 15) is 24.0 Å². The highest BCUT2D eigenvalue weighted by atomic mass is 35.5. The molecule has 2 aromatic rings. The molecule has 1 saturated heterocycles. The number of ether oxygens (including phenoxy) is 5. The van der Waals surface area contributed by atoms with Crippen LogP contribution in [0.2, 0.25) is 5.02 Å². The molecule has 42 heavy (non-hydrogen) atoms. The molecule has 16 heteroatoms. The van der Waals surface area contributed by atoms with Gasteiger partial charge in [0.2, 0.25) is 0 Å². The quantitative estimate of drug-likeness (QED) is 0.108. The van der Waals surface area contributed by atoms with Gasteiger partial charge in [-0.1, -0.05) is 11.6 Å². The van der Waals surface area contributed by atoms with E-state index in [0.29, 0.717) is 16.0 Å². The van der Waals surface area contributed by atoms with Gasteiger partial charge in [-0.2, -0.15) is 5.10 Å². The number of halogens is 1. The maximum Gasteiger partial charge on any atom is 0.345 e. The van der Waals surface area contributed by atoms with Gasteiger partial charge in [0.25, 0.3) is 0 Å². The number of nitrogens with one attached hydrogen (secondary N) is 2. The molecule has 1 aliphatic heterocycles. The smallest absolute Gasteiger partial charge is 0.345 e. The summed E-state index contributed by atoms with van der Waals surface area (Å²) in [4.78, 5) is 59.8. The lowest BCUT2D eigenvalue weighted by Gasteiger charge is -2.44. The number of carbonyl (C=O) groups is 4. The summed E-state index contributed by atoms with van der Waals surface area (Å²) < 4.78 is 32.4. The summed E-state index contributed by atoms with van der Waals surface area (Å²) in [6, 6.07) is 6.34. The third-order valence-electron chi connectivity index (χ3n) is 5.67. The van der Waals surface area contributed by atoms with Crippen LogP contribution in [0, 0.1) is 0 Å². The van der Waals surface area contributed by atoms with Gasteiger partial charge in [-0.3, -0.25) is 24.6 Å². The first-order valence-electron chi connectivity index (χ1n) is 12.4. The Labute approximate surface area is 249 Å². The molecule has 0 radical (unpaired) electrons. The maximum atomic E-state index is 12.5. The van der Waals surface area contributed by atoms with E-state index in [2.05, 4.69) is 15.8 Å². The molecule has 0 bridgehead atoms. The fourth-order valence-corrected chi connectivity index (χ4v) is 4.39. The Morgan fingerprint density at radius 1 is 0.929 bits per heavy atom. The molecular formula is C26H28ClN3O11S. The van der Waals surface area contributed by atoms with Crippen molar-refractivity contribution in [2.75, 3.05) is 6.61 Å². The summed E-state index contributed by atoms with van der Waals surface area (Å²) in [5, 5.41) is 7.73. The van der Waals surface area contributed by atoms with Crippen molar-refractivity contribution in [3.05, 3.63) is 45.3 Å². The minimum atomic E-state index is -1.38. The van der Waals surface area contributed by atoms with Gasteiger partial charge in [-0.05, 0) is 43.4 Å². The number of thiocarbonyl (C=S) groups is 1. The molecule has 0 spiro atoms. The van der Waals surface area contributed by atoms with E-state index < -0.39 is 66.8 Å². The molecule has 3 rings (SSSR count). The SMILES string of the molecule is CC(=O)OC[C@H]1O[C@@H](NC(=S)N/N=C(\C)c2cc3cc(Cl)ccc3oc2=O)[C@H](OC(C)=O)[C@@H](OC(C)=O)[C@H]1OC(C)=O. The number of benzene rings is 1. The Morgan fingerprint density at radius 3 is 2.17 bits per heavy atom. The van der Waals surface area contributed by atoms with Crippen LogP contribution < -0.4 is 16.4 Å². The molecule has 0 saturated carbocycles. The van der Waals surface area contributed by atoms with Gasteiger partial charge >= 0.3 is 29.5 Å². The van der Waals surface area contributed by atoms with Crippen molar-refractivity contribution < 1.29 is 47.3 Å². The lowest BCUT2D eigenvalue weighted by Crippen LogP contribution is -2.66. The number of hydrogen-bond acceptors (Lipinski definition) is 13. The topological polar surface area (TPSA) is 181 Å². The molecular weight excluding hydrogens is 598 g/mol.